The van der Waals surface area contributed by atoms with Gasteiger partial charge in [0.2, 0.25) is 5.78 Å². The summed E-state index contributed by atoms with van der Waals surface area (Å²) in [5, 5.41) is 0. The van der Waals surface area contributed by atoms with Crippen LogP contribution in [0.1, 0.15) is 245 Å². The van der Waals surface area contributed by atoms with Gasteiger partial charge in [0, 0.05) is 6.42 Å². The van der Waals surface area contributed by atoms with E-state index in [1.54, 1.807) is 0 Å². The van der Waals surface area contributed by atoms with Crippen LogP contribution in [0.15, 0.2) is 0 Å². The molecule has 0 saturated carbocycles. The monoisotopic (exact) mass is 663 g/mol. The summed E-state index contributed by atoms with van der Waals surface area (Å²) >= 11 is 0. The van der Waals surface area contributed by atoms with Crippen LogP contribution in [0.2, 0.25) is 0 Å². The fourth-order valence-electron chi connectivity index (χ4n) is 6.68. The molecule has 0 bridgehead atoms. The number of Topliss-reactive ketones (excluding diaryl/α,β-unsaturated/α-hetero) is 2. The van der Waals surface area contributed by atoms with E-state index < -0.39 is 17.7 Å². The Kier molecular flexibility index (Phi) is 36.7. The molecule has 0 fully saturated rings. The summed E-state index contributed by atoms with van der Waals surface area (Å²) in [5.74, 6) is -2.22. The predicted molar refractivity (Wildman–Crippen MR) is 203 cm³/mol. The number of esters is 1. The maximum absolute atomic E-state index is 13.1. The third-order valence-electron chi connectivity index (χ3n) is 9.97. The molecule has 0 radical (unpaired) electrons. The zero-order valence-corrected chi connectivity index (χ0v) is 32.2. The molecule has 0 heterocycles. The number of rotatable bonds is 39. The molecule has 4 heteroatoms. The molecule has 278 valence electrons. The second-order valence-corrected chi connectivity index (χ2v) is 14.7. The second kappa shape index (κ2) is 37.6. The van der Waals surface area contributed by atoms with Crippen molar-refractivity contribution in [3.05, 3.63) is 0 Å². The van der Waals surface area contributed by atoms with Crippen molar-refractivity contribution < 1.29 is 19.1 Å². The standard InChI is InChI=1S/C43H82O4/c1-4-7-10-13-15-17-19-21-23-25-27-29-31-34-37-40(43(46)47-39-36-33-12-9-6-3)42(45)41(44)38-35-32-30-28-26-24-22-20-18-16-14-11-8-5-2/h40H,4-39H2,1-3H3. The first-order chi connectivity index (χ1) is 23.1. The van der Waals surface area contributed by atoms with Gasteiger partial charge in [0.15, 0.2) is 5.78 Å². The number of ketones is 2. The number of unbranched alkanes of at least 4 members (excludes halogenated alkanes) is 30. The van der Waals surface area contributed by atoms with E-state index in [-0.39, 0.29) is 12.2 Å². The van der Waals surface area contributed by atoms with E-state index in [9.17, 15) is 14.4 Å². The van der Waals surface area contributed by atoms with Crippen LogP contribution in [-0.2, 0) is 19.1 Å². The molecule has 0 saturated heterocycles. The predicted octanol–water partition coefficient (Wildman–Crippen LogP) is 14.0. The Balaban J connectivity index is 4.23. The highest BCUT2D eigenvalue weighted by atomic mass is 16.5. The number of ether oxygens (including phenoxy) is 1. The van der Waals surface area contributed by atoms with E-state index in [1.165, 1.54) is 154 Å². The van der Waals surface area contributed by atoms with Crippen molar-refractivity contribution >= 4 is 17.5 Å². The van der Waals surface area contributed by atoms with Crippen molar-refractivity contribution in [3.8, 4) is 0 Å². The lowest BCUT2D eigenvalue weighted by atomic mass is 9.92. The lowest BCUT2D eigenvalue weighted by Crippen LogP contribution is -2.32. The summed E-state index contributed by atoms with van der Waals surface area (Å²) in [7, 11) is 0. The molecule has 0 aromatic rings. The van der Waals surface area contributed by atoms with Gasteiger partial charge in [-0.15, -0.1) is 0 Å². The summed E-state index contributed by atoms with van der Waals surface area (Å²) in [5.41, 5.74) is 0. The molecule has 0 aromatic carbocycles. The molecule has 1 atom stereocenters. The molecule has 0 aliphatic heterocycles. The minimum Gasteiger partial charge on any atom is -0.465 e. The lowest BCUT2D eigenvalue weighted by molar-refractivity contribution is -0.155. The highest BCUT2D eigenvalue weighted by Crippen LogP contribution is 2.19. The molecule has 0 spiro atoms. The van der Waals surface area contributed by atoms with Crippen LogP contribution in [0, 0.1) is 5.92 Å². The molecular weight excluding hydrogens is 580 g/mol. The van der Waals surface area contributed by atoms with E-state index in [4.69, 9.17) is 4.74 Å². The maximum Gasteiger partial charge on any atom is 0.316 e. The maximum atomic E-state index is 13.1. The molecule has 0 N–H and O–H groups in total. The first-order valence-electron chi connectivity index (χ1n) is 21.3. The van der Waals surface area contributed by atoms with Gasteiger partial charge in [-0.3, -0.25) is 14.4 Å². The molecule has 47 heavy (non-hydrogen) atoms. The highest BCUT2D eigenvalue weighted by Gasteiger charge is 2.31. The van der Waals surface area contributed by atoms with Crippen LogP contribution in [0.4, 0.5) is 0 Å². The SMILES string of the molecule is CCCCCCCCCCCCCCCCC(=O)C(=O)C(CCCCCCCCCCCCCCCC)C(=O)OCCCCCCC. The van der Waals surface area contributed by atoms with Gasteiger partial charge < -0.3 is 4.74 Å². The van der Waals surface area contributed by atoms with E-state index in [0.29, 0.717) is 13.0 Å². The van der Waals surface area contributed by atoms with E-state index in [0.717, 1.165) is 57.8 Å². The highest BCUT2D eigenvalue weighted by molar-refractivity contribution is 6.41. The zero-order valence-electron chi connectivity index (χ0n) is 32.2. The third kappa shape index (κ3) is 31.8. The summed E-state index contributed by atoms with van der Waals surface area (Å²) in [6, 6.07) is 0. The van der Waals surface area contributed by atoms with Gasteiger partial charge in [0.25, 0.3) is 0 Å². The van der Waals surface area contributed by atoms with Crippen LogP contribution >= 0.6 is 0 Å². The minimum absolute atomic E-state index is 0.274. The molecule has 1 unspecified atom stereocenters. The van der Waals surface area contributed by atoms with Crippen LogP contribution in [0.3, 0.4) is 0 Å². The Labute approximate surface area is 294 Å². The fourth-order valence-corrected chi connectivity index (χ4v) is 6.68. The van der Waals surface area contributed by atoms with Gasteiger partial charge in [-0.05, 0) is 19.3 Å². The van der Waals surface area contributed by atoms with E-state index in [1.807, 2.05) is 0 Å². The first kappa shape index (κ1) is 45.8. The van der Waals surface area contributed by atoms with Crippen LogP contribution in [-0.4, -0.2) is 24.1 Å². The lowest BCUT2D eigenvalue weighted by Gasteiger charge is -2.15. The van der Waals surface area contributed by atoms with Gasteiger partial charge >= 0.3 is 5.97 Å². The summed E-state index contributed by atoms with van der Waals surface area (Å²) in [4.78, 5) is 38.9. The van der Waals surface area contributed by atoms with Crippen molar-refractivity contribution in [2.24, 2.45) is 5.92 Å². The number of hydrogen-bond donors (Lipinski definition) is 0. The Morgan fingerprint density at radius 2 is 0.681 bits per heavy atom. The normalized spacial score (nSPS) is 12.0. The van der Waals surface area contributed by atoms with Gasteiger partial charge in [-0.2, -0.15) is 0 Å². The van der Waals surface area contributed by atoms with Crippen LogP contribution in [0.5, 0.6) is 0 Å². The van der Waals surface area contributed by atoms with Crippen molar-refractivity contribution in [3.63, 3.8) is 0 Å². The number of hydrogen-bond acceptors (Lipinski definition) is 4. The number of carbonyl (C=O) groups is 3. The largest absolute Gasteiger partial charge is 0.465 e. The average molecular weight is 663 g/mol. The average Bonchev–Trinajstić information content (AvgIpc) is 3.07. The van der Waals surface area contributed by atoms with Gasteiger partial charge in [0.1, 0.15) is 5.92 Å². The zero-order chi connectivity index (χ0) is 34.5. The van der Waals surface area contributed by atoms with Crippen molar-refractivity contribution in [1.29, 1.82) is 0 Å². The molecule has 0 aliphatic carbocycles. The molecule has 0 amide bonds. The summed E-state index contributed by atoms with van der Waals surface area (Å²) in [6.07, 6.45) is 41.5. The van der Waals surface area contributed by atoms with Crippen LogP contribution in [0.25, 0.3) is 0 Å². The van der Waals surface area contributed by atoms with Crippen molar-refractivity contribution in [2.75, 3.05) is 6.61 Å². The van der Waals surface area contributed by atoms with Gasteiger partial charge in [-0.1, -0.05) is 220 Å². The van der Waals surface area contributed by atoms with Gasteiger partial charge in [0.05, 0.1) is 6.61 Å². The second-order valence-electron chi connectivity index (χ2n) is 14.7. The smallest absolute Gasteiger partial charge is 0.316 e. The topological polar surface area (TPSA) is 60.4 Å². The summed E-state index contributed by atoms with van der Waals surface area (Å²) < 4.78 is 5.54. The third-order valence-corrected chi connectivity index (χ3v) is 9.97. The first-order valence-corrected chi connectivity index (χ1v) is 21.3. The Bertz CT molecular complexity index is 687. The molecular formula is C43H82O4. The van der Waals surface area contributed by atoms with Crippen molar-refractivity contribution in [2.45, 2.75) is 245 Å². The molecule has 4 nitrogen and oxygen atoms in total. The van der Waals surface area contributed by atoms with Crippen molar-refractivity contribution in [1.82, 2.24) is 0 Å². The molecule has 0 aromatic heterocycles. The molecule has 0 aliphatic rings. The Hall–Kier alpha value is -1.19. The minimum atomic E-state index is -0.901. The Morgan fingerprint density at radius 3 is 1.04 bits per heavy atom. The number of carbonyl (C=O) groups excluding carboxylic acids is 3. The van der Waals surface area contributed by atoms with E-state index >= 15 is 0 Å². The van der Waals surface area contributed by atoms with Crippen LogP contribution < -0.4 is 0 Å². The fraction of sp³-hybridized carbons (Fsp3) is 0.930. The van der Waals surface area contributed by atoms with E-state index in [2.05, 4.69) is 20.8 Å². The van der Waals surface area contributed by atoms with Gasteiger partial charge in [-0.25, -0.2) is 0 Å². The summed E-state index contributed by atoms with van der Waals surface area (Å²) in [6.45, 7) is 7.08. The molecule has 0 rings (SSSR count). The Morgan fingerprint density at radius 1 is 0.383 bits per heavy atom. The quantitative estimate of drug-likeness (QED) is 0.0284.